The number of aromatic nitrogens is 2. The van der Waals surface area contributed by atoms with Gasteiger partial charge in [-0.2, -0.15) is 0 Å². The lowest BCUT2D eigenvalue weighted by Gasteiger charge is -2.12. The minimum absolute atomic E-state index is 0.584. The molecule has 2 aromatic rings. The molecule has 1 aromatic carbocycles. The van der Waals surface area contributed by atoms with Crippen molar-refractivity contribution in [2.45, 2.75) is 20.8 Å². The summed E-state index contributed by atoms with van der Waals surface area (Å²) < 4.78 is 0. The summed E-state index contributed by atoms with van der Waals surface area (Å²) in [5.74, 6) is 0.814. The molecule has 0 bridgehead atoms. The minimum Gasteiger partial charge on any atom is -0.369 e. The van der Waals surface area contributed by atoms with Gasteiger partial charge in [0, 0.05) is 17.1 Å². The molecule has 0 saturated carbocycles. The number of rotatable bonds is 3. The predicted octanol–water partition coefficient (Wildman–Crippen LogP) is 4.50. The fourth-order valence-electron chi connectivity index (χ4n) is 1.88. The number of hydrogen-bond acceptors (Lipinski definition) is 3. The second-order valence-corrected chi connectivity index (χ2v) is 5.15. The lowest BCUT2D eigenvalue weighted by Crippen LogP contribution is -2.06. The van der Waals surface area contributed by atoms with Crippen molar-refractivity contribution in [1.29, 1.82) is 0 Å². The molecule has 0 aliphatic rings. The van der Waals surface area contributed by atoms with Gasteiger partial charge in [0.1, 0.15) is 0 Å². The SMILES string of the molecule is CCNc1nnc(-c2ccc(Cl)cc2Cl)c(C)c1C. The summed E-state index contributed by atoms with van der Waals surface area (Å²) in [5.41, 5.74) is 3.79. The second kappa shape index (κ2) is 5.76. The van der Waals surface area contributed by atoms with Gasteiger partial charge in [0.05, 0.1) is 10.7 Å². The molecule has 0 atom stereocenters. The first-order valence-corrected chi connectivity index (χ1v) is 6.83. The average Bonchev–Trinajstić information content (AvgIpc) is 2.37. The fraction of sp³-hybridized carbons (Fsp3) is 0.286. The lowest BCUT2D eigenvalue weighted by atomic mass is 10.0. The first kappa shape index (κ1) is 14.1. The zero-order valence-electron chi connectivity index (χ0n) is 11.1. The van der Waals surface area contributed by atoms with Crippen molar-refractivity contribution in [3.8, 4) is 11.3 Å². The van der Waals surface area contributed by atoms with E-state index >= 15 is 0 Å². The molecule has 0 fully saturated rings. The maximum absolute atomic E-state index is 6.22. The number of benzene rings is 1. The summed E-state index contributed by atoms with van der Waals surface area (Å²) in [7, 11) is 0. The van der Waals surface area contributed by atoms with Crippen molar-refractivity contribution in [3.05, 3.63) is 39.4 Å². The van der Waals surface area contributed by atoms with Crippen LogP contribution in [0.25, 0.3) is 11.3 Å². The van der Waals surface area contributed by atoms with Crippen molar-refractivity contribution in [2.24, 2.45) is 0 Å². The second-order valence-electron chi connectivity index (χ2n) is 4.30. The highest BCUT2D eigenvalue weighted by atomic mass is 35.5. The van der Waals surface area contributed by atoms with Gasteiger partial charge >= 0.3 is 0 Å². The van der Waals surface area contributed by atoms with E-state index < -0.39 is 0 Å². The van der Waals surface area contributed by atoms with Gasteiger partial charge in [0.25, 0.3) is 0 Å². The van der Waals surface area contributed by atoms with Crippen LogP contribution in [-0.2, 0) is 0 Å². The Hall–Kier alpha value is -1.32. The Kier molecular flexibility index (Phi) is 4.27. The molecule has 100 valence electrons. The van der Waals surface area contributed by atoms with Gasteiger partial charge in [-0.1, -0.05) is 23.2 Å². The van der Waals surface area contributed by atoms with E-state index in [4.69, 9.17) is 23.2 Å². The number of nitrogens with zero attached hydrogens (tertiary/aromatic N) is 2. The normalized spacial score (nSPS) is 10.6. The maximum atomic E-state index is 6.22. The Labute approximate surface area is 123 Å². The van der Waals surface area contributed by atoms with Gasteiger partial charge in [-0.15, -0.1) is 10.2 Å². The topological polar surface area (TPSA) is 37.8 Å². The first-order chi connectivity index (χ1) is 9.04. The van der Waals surface area contributed by atoms with E-state index in [2.05, 4.69) is 15.5 Å². The number of hydrogen-bond donors (Lipinski definition) is 1. The maximum Gasteiger partial charge on any atom is 0.151 e. The minimum atomic E-state index is 0.584. The Morgan fingerprint density at radius 1 is 1.11 bits per heavy atom. The van der Waals surface area contributed by atoms with Crippen LogP contribution in [0, 0.1) is 13.8 Å². The van der Waals surface area contributed by atoms with E-state index in [1.807, 2.05) is 26.8 Å². The summed E-state index contributed by atoms with van der Waals surface area (Å²) in [6.45, 7) is 6.89. The fourth-order valence-corrected chi connectivity index (χ4v) is 2.38. The van der Waals surface area contributed by atoms with E-state index in [-0.39, 0.29) is 0 Å². The van der Waals surface area contributed by atoms with E-state index in [1.165, 1.54) is 0 Å². The summed E-state index contributed by atoms with van der Waals surface area (Å²) in [6, 6.07) is 5.39. The number of halogens is 2. The summed E-state index contributed by atoms with van der Waals surface area (Å²) in [4.78, 5) is 0. The van der Waals surface area contributed by atoms with Gasteiger partial charge in [0.2, 0.25) is 0 Å². The molecule has 0 radical (unpaired) electrons. The smallest absolute Gasteiger partial charge is 0.151 e. The van der Waals surface area contributed by atoms with E-state index in [0.29, 0.717) is 10.0 Å². The van der Waals surface area contributed by atoms with Crippen LogP contribution in [0.2, 0.25) is 10.0 Å². The van der Waals surface area contributed by atoms with Crippen molar-refractivity contribution >= 4 is 29.0 Å². The van der Waals surface area contributed by atoms with Gasteiger partial charge in [0.15, 0.2) is 5.82 Å². The molecule has 0 aliphatic heterocycles. The zero-order valence-corrected chi connectivity index (χ0v) is 12.6. The Morgan fingerprint density at radius 3 is 2.47 bits per heavy atom. The van der Waals surface area contributed by atoms with Crippen molar-refractivity contribution in [3.63, 3.8) is 0 Å². The predicted molar refractivity (Wildman–Crippen MR) is 81.1 cm³/mol. The van der Waals surface area contributed by atoms with Crippen LogP contribution >= 0.6 is 23.2 Å². The third kappa shape index (κ3) is 2.82. The molecular formula is C14H15Cl2N3. The molecule has 3 nitrogen and oxygen atoms in total. The van der Waals surface area contributed by atoms with Crippen LogP contribution in [0.15, 0.2) is 18.2 Å². The van der Waals surface area contributed by atoms with Crippen LogP contribution in [0.5, 0.6) is 0 Å². The van der Waals surface area contributed by atoms with E-state index in [9.17, 15) is 0 Å². The standard InChI is InChI=1S/C14H15Cl2N3/c1-4-17-14-9(3)8(2)13(18-19-14)11-6-5-10(15)7-12(11)16/h5-7H,4H2,1-3H3,(H,17,19). The molecule has 1 N–H and O–H groups in total. The van der Waals surface area contributed by atoms with Crippen molar-refractivity contribution in [2.75, 3.05) is 11.9 Å². The molecule has 0 saturated heterocycles. The monoisotopic (exact) mass is 295 g/mol. The molecule has 2 rings (SSSR count). The Balaban J connectivity index is 2.54. The van der Waals surface area contributed by atoms with Gasteiger partial charge in [-0.05, 0) is 50.1 Å². The highest BCUT2D eigenvalue weighted by molar-refractivity contribution is 6.36. The molecule has 1 aromatic heterocycles. The molecular weight excluding hydrogens is 281 g/mol. The zero-order chi connectivity index (χ0) is 14.0. The summed E-state index contributed by atoms with van der Waals surface area (Å²) in [6.07, 6.45) is 0. The third-order valence-corrected chi connectivity index (χ3v) is 3.60. The van der Waals surface area contributed by atoms with E-state index in [0.717, 1.165) is 34.7 Å². The average molecular weight is 296 g/mol. The van der Waals surface area contributed by atoms with Gasteiger partial charge in [-0.3, -0.25) is 0 Å². The van der Waals surface area contributed by atoms with Gasteiger partial charge < -0.3 is 5.32 Å². The Morgan fingerprint density at radius 2 is 1.84 bits per heavy atom. The largest absolute Gasteiger partial charge is 0.369 e. The van der Waals surface area contributed by atoms with Crippen LogP contribution in [0.1, 0.15) is 18.1 Å². The third-order valence-electron chi connectivity index (χ3n) is 3.05. The van der Waals surface area contributed by atoms with Crippen molar-refractivity contribution < 1.29 is 0 Å². The van der Waals surface area contributed by atoms with Crippen LogP contribution in [0.4, 0.5) is 5.82 Å². The summed E-state index contributed by atoms with van der Waals surface area (Å²) in [5, 5.41) is 12.9. The highest BCUT2D eigenvalue weighted by Crippen LogP contribution is 2.32. The number of nitrogens with one attached hydrogen (secondary N) is 1. The highest BCUT2D eigenvalue weighted by Gasteiger charge is 2.13. The van der Waals surface area contributed by atoms with Crippen LogP contribution in [0.3, 0.4) is 0 Å². The Bertz CT molecular complexity index is 612. The van der Waals surface area contributed by atoms with Crippen molar-refractivity contribution in [1.82, 2.24) is 10.2 Å². The molecule has 0 amide bonds. The molecule has 19 heavy (non-hydrogen) atoms. The quantitative estimate of drug-likeness (QED) is 0.906. The van der Waals surface area contributed by atoms with Gasteiger partial charge in [-0.25, -0.2) is 0 Å². The molecule has 5 heteroatoms. The number of anilines is 1. The lowest BCUT2D eigenvalue weighted by molar-refractivity contribution is 0.987. The molecule has 1 heterocycles. The summed E-state index contributed by atoms with van der Waals surface area (Å²) >= 11 is 12.1. The molecule has 0 unspecified atom stereocenters. The molecule has 0 spiro atoms. The first-order valence-electron chi connectivity index (χ1n) is 6.07. The van der Waals surface area contributed by atoms with Crippen LogP contribution < -0.4 is 5.32 Å². The molecule has 0 aliphatic carbocycles. The van der Waals surface area contributed by atoms with Crippen LogP contribution in [-0.4, -0.2) is 16.7 Å². The van der Waals surface area contributed by atoms with E-state index in [1.54, 1.807) is 12.1 Å².